The van der Waals surface area contributed by atoms with Crippen LogP contribution in [0.25, 0.3) is 0 Å². The van der Waals surface area contributed by atoms with Gasteiger partial charge in [-0.25, -0.2) is 4.39 Å². The molecule has 0 spiro atoms. The lowest BCUT2D eigenvalue weighted by molar-refractivity contribution is 0.288. The number of nitrogens with one attached hydrogen (secondary N) is 2. The van der Waals surface area contributed by atoms with E-state index in [0.29, 0.717) is 18.2 Å². The van der Waals surface area contributed by atoms with E-state index in [2.05, 4.69) is 21.6 Å². The summed E-state index contributed by atoms with van der Waals surface area (Å²) < 4.78 is 18.4. The van der Waals surface area contributed by atoms with Crippen LogP contribution < -0.4 is 15.4 Å². The first-order valence-electron chi connectivity index (χ1n) is 8.06. The highest BCUT2D eigenvalue weighted by molar-refractivity contribution is 7.80. The van der Waals surface area contributed by atoms with E-state index < -0.39 is 0 Å². The summed E-state index contributed by atoms with van der Waals surface area (Å²) in [5.41, 5.74) is 2.07. The molecule has 0 saturated carbocycles. The summed E-state index contributed by atoms with van der Waals surface area (Å²) in [6, 6.07) is 14.4. The molecule has 0 fully saturated rings. The molecule has 0 aliphatic rings. The van der Waals surface area contributed by atoms with Gasteiger partial charge in [0.15, 0.2) is 5.11 Å². The van der Waals surface area contributed by atoms with E-state index in [4.69, 9.17) is 17.0 Å². The van der Waals surface area contributed by atoms with E-state index in [1.165, 1.54) is 12.1 Å². The van der Waals surface area contributed by atoms with Crippen LogP contribution in [0, 0.1) is 5.82 Å². The van der Waals surface area contributed by atoms with Gasteiger partial charge in [0.05, 0.1) is 13.2 Å². The number of thiocarbonyl (C=S) groups is 1. The van der Waals surface area contributed by atoms with Crippen LogP contribution in [0.15, 0.2) is 48.5 Å². The fourth-order valence-electron chi connectivity index (χ4n) is 2.55. The number of halogens is 1. The van der Waals surface area contributed by atoms with Gasteiger partial charge in [-0.15, -0.1) is 0 Å². The molecule has 0 unspecified atom stereocenters. The van der Waals surface area contributed by atoms with Gasteiger partial charge in [-0.05, 0) is 50.1 Å². The van der Waals surface area contributed by atoms with E-state index in [9.17, 15) is 4.39 Å². The predicted octanol–water partition coefficient (Wildman–Crippen LogP) is 3.10. The lowest BCUT2D eigenvalue weighted by atomic mass is 10.0. The number of hydrogen-bond donors (Lipinski definition) is 2. The van der Waals surface area contributed by atoms with Crippen molar-refractivity contribution in [1.82, 2.24) is 15.5 Å². The highest BCUT2D eigenvalue weighted by atomic mass is 32.1. The third-order valence-corrected chi connectivity index (χ3v) is 4.23. The normalized spacial score (nSPS) is 11.9. The second-order valence-electron chi connectivity index (χ2n) is 5.91. The van der Waals surface area contributed by atoms with E-state index >= 15 is 0 Å². The highest BCUT2D eigenvalue weighted by Crippen LogP contribution is 2.27. The van der Waals surface area contributed by atoms with Crippen molar-refractivity contribution in [1.29, 1.82) is 0 Å². The summed E-state index contributed by atoms with van der Waals surface area (Å²) in [6.07, 6.45) is 0. The first kappa shape index (κ1) is 19.1. The minimum absolute atomic E-state index is 0.113. The molecule has 0 amide bonds. The maximum absolute atomic E-state index is 12.9. The molecular formula is C19H24FN3OS. The van der Waals surface area contributed by atoms with Gasteiger partial charge in [0.25, 0.3) is 0 Å². The summed E-state index contributed by atoms with van der Waals surface area (Å²) in [5.74, 6) is 0.614. The summed E-state index contributed by atoms with van der Waals surface area (Å²) in [5, 5.41) is 6.95. The Kier molecular flexibility index (Phi) is 7.16. The van der Waals surface area contributed by atoms with Gasteiger partial charge in [-0.1, -0.05) is 30.3 Å². The SMILES string of the molecule is COc1ccccc1[C@@H](CNC(=S)NCc1ccc(F)cc1)N(C)C. The highest BCUT2D eigenvalue weighted by Gasteiger charge is 2.18. The molecular weight excluding hydrogens is 337 g/mol. The van der Waals surface area contributed by atoms with Crippen molar-refractivity contribution >= 4 is 17.3 Å². The number of hydrogen-bond acceptors (Lipinski definition) is 3. The van der Waals surface area contributed by atoms with Crippen molar-refractivity contribution in [2.24, 2.45) is 0 Å². The number of rotatable bonds is 7. The van der Waals surface area contributed by atoms with Gasteiger partial charge in [0.1, 0.15) is 11.6 Å². The number of nitrogens with zero attached hydrogens (tertiary/aromatic N) is 1. The van der Waals surface area contributed by atoms with Crippen molar-refractivity contribution in [2.45, 2.75) is 12.6 Å². The van der Waals surface area contributed by atoms with Crippen LogP contribution >= 0.6 is 12.2 Å². The molecule has 2 aromatic rings. The molecule has 2 N–H and O–H groups in total. The van der Waals surface area contributed by atoms with E-state index in [-0.39, 0.29) is 11.9 Å². The first-order chi connectivity index (χ1) is 12.0. The number of methoxy groups -OCH3 is 1. The van der Waals surface area contributed by atoms with Crippen LogP contribution in [0.1, 0.15) is 17.2 Å². The second-order valence-corrected chi connectivity index (χ2v) is 6.32. The van der Waals surface area contributed by atoms with Crippen LogP contribution in [0.4, 0.5) is 4.39 Å². The Bertz CT molecular complexity index is 691. The number of likely N-dealkylation sites (N-methyl/N-ethyl adjacent to an activating group) is 1. The molecule has 0 bridgehead atoms. The van der Waals surface area contributed by atoms with Crippen LogP contribution in [-0.4, -0.2) is 37.8 Å². The molecule has 2 aromatic carbocycles. The Labute approximate surface area is 154 Å². The minimum Gasteiger partial charge on any atom is -0.496 e. The van der Waals surface area contributed by atoms with Gasteiger partial charge in [0.2, 0.25) is 0 Å². The Morgan fingerprint density at radius 1 is 1.12 bits per heavy atom. The molecule has 0 heterocycles. The zero-order valence-corrected chi connectivity index (χ0v) is 15.6. The Morgan fingerprint density at radius 2 is 1.80 bits per heavy atom. The minimum atomic E-state index is -0.241. The topological polar surface area (TPSA) is 36.5 Å². The third-order valence-electron chi connectivity index (χ3n) is 3.94. The van der Waals surface area contributed by atoms with Crippen LogP contribution in [-0.2, 0) is 6.54 Å². The quantitative estimate of drug-likeness (QED) is 0.741. The van der Waals surface area contributed by atoms with E-state index in [1.54, 1.807) is 19.2 Å². The molecule has 0 saturated heterocycles. The monoisotopic (exact) mass is 361 g/mol. The predicted molar refractivity (Wildman–Crippen MR) is 103 cm³/mol. The molecule has 134 valence electrons. The van der Waals surface area contributed by atoms with Crippen molar-refractivity contribution in [2.75, 3.05) is 27.7 Å². The van der Waals surface area contributed by atoms with Crippen LogP contribution in [0.2, 0.25) is 0 Å². The van der Waals surface area contributed by atoms with E-state index in [0.717, 1.165) is 16.9 Å². The zero-order chi connectivity index (χ0) is 18.2. The van der Waals surface area contributed by atoms with Gasteiger partial charge in [-0.3, -0.25) is 0 Å². The maximum atomic E-state index is 12.9. The lowest BCUT2D eigenvalue weighted by Crippen LogP contribution is -2.40. The lowest BCUT2D eigenvalue weighted by Gasteiger charge is -2.27. The average Bonchev–Trinajstić information content (AvgIpc) is 2.61. The number of para-hydroxylation sites is 1. The smallest absolute Gasteiger partial charge is 0.166 e. The summed E-state index contributed by atoms with van der Waals surface area (Å²) in [7, 11) is 5.72. The van der Waals surface area contributed by atoms with Crippen molar-refractivity contribution in [3.05, 3.63) is 65.5 Å². The standard InChI is InChI=1S/C19H24FN3OS/c1-23(2)17(16-6-4-5-7-18(16)24-3)13-22-19(25)21-12-14-8-10-15(20)11-9-14/h4-11,17H,12-13H2,1-3H3,(H2,21,22,25)/t17-/m1/s1. The van der Waals surface area contributed by atoms with Crippen LogP contribution in [0.3, 0.4) is 0 Å². The number of benzene rings is 2. The molecule has 1 atom stereocenters. The van der Waals surface area contributed by atoms with Gasteiger partial charge in [-0.2, -0.15) is 0 Å². The largest absolute Gasteiger partial charge is 0.496 e. The molecule has 4 nitrogen and oxygen atoms in total. The van der Waals surface area contributed by atoms with E-state index in [1.807, 2.05) is 32.3 Å². The fraction of sp³-hybridized carbons (Fsp3) is 0.316. The Morgan fingerprint density at radius 3 is 2.44 bits per heavy atom. The molecule has 25 heavy (non-hydrogen) atoms. The maximum Gasteiger partial charge on any atom is 0.166 e. The third kappa shape index (κ3) is 5.69. The zero-order valence-electron chi connectivity index (χ0n) is 14.8. The number of ether oxygens (including phenoxy) is 1. The second kappa shape index (κ2) is 9.34. The molecule has 2 rings (SSSR count). The molecule has 6 heteroatoms. The molecule has 0 radical (unpaired) electrons. The Balaban J connectivity index is 1.92. The van der Waals surface area contributed by atoms with Gasteiger partial charge >= 0.3 is 0 Å². The van der Waals surface area contributed by atoms with Crippen molar-refractivity contribution in [3.8, 4) is 5.75 Å². The molecule has 0 aromatic heterocycles. The molecule has 0 aliphatic carbocycles. The van der Waals surface area contributed by atoms with Gasteiger partial charge in [0, 0.05) is 18.7 Å². The fourth-order valence-corrected chi connectivity index (χ4v) is 2.70. The summed E-state index contributed by atoms with van der Waals surface area (Å²) in [4.78, 5) is 2.12. The first-order valence-corrected chi connectivity index (χ1v) is 8.47. The van der Waals surface area contributed by atoms with Crippen molar-refractivity contribution < 1.29 is 9.13 Å². The average molecular weight is 361 g/mol. The van der Waals surface area contributed by atoms with Crippen molar-refractivity contribution in [3.63, 3.8) is 0 Å². The Hall–Kier alpha value is -2.18. The van der Waals surface area contributed by atoms with Gasteiger partial charge < -0.3 is 20.3 Å². The summed E-state index contributed by atoms with van der Waals surface area (Å²) in [6.45, 7) is 1.19. The van der Waals surface area contributed by atoms with Crippen LogP contribution in [0.5, 0.6) is 5.75 Å². The summed E-state index contributed by atoms with van der Waals surface area (Å²) >= 11 is 5.35. The molecule has 0 aliphatic heterocycles.